The first-order valence-corrected chi connectivity index (χ1v) is 20.5. The maximum absolute atomic E-state index is 12.8. The minimum atomic E-state index is -4.66. The number of carbonyl (C=O) groups is 1. The largest absolute Gasteiger partial charge is 0.756 e. The van der Waals surface area contributed by atoms with E-state index in [0.29, 0.717) is 6.61 Å². The zero-order chi connectivity index (χ0) is 33.8. The molecule has 9 heteroatoms. The molecule has 8 nitrogen and oxygen atoms in total. The lowest BCUT2D eigenvalue weighted by molar-refractivity contribution is -0.232. The van der Waals surface area contributed by atoms with Crippen LogP contribution in [0.1, 0.15) is 154 Å². The van der Waals surface area contributed by atoms with E-state index in [-0.39, 0.29) is 13.2 Å². The van der Waals surface area contributed by atoms with Crippen molar-refractivity contribution in [1.29, 1.82) is 0 Å². The molecule has 47 heavy (non-hydrogen) atoms. The summed E-state index contributed by atoms with van der Waals surface area (Å²) in [6.45, 7) is 9.00. The lowest BCUT2D eigenvalue weighted by Crippen LogP contribution is -2.59. The highest BCUT2D eigenvalue weighted by Crippen LogP contribution is 2.45. The average Bonchev–Trinajstić information content (AvgIpc) is 3.07. The molecule has 3 heterocycles. The number of rotatable bonds is 27. The Hall–Kier alpha value is -1.28. The fourth-order valence-corrected chi connectivity index (χ4v) is 8.21. The molecule has 3 aliphatic heterocycles. The summed E-state index contributed by atoms with van der Waals surface area (Å²) in [5.74, 6) is 0.356. The van der Waals surface area contributed by atoms with Crippen LogP contribution < -0.4 is 9.38 Å². The second kappa shape index (κ2) is 22.4. The molecule has 1 aromatic rings. The fraction of sp³-hybridized carbons (Fsp3) is 0.816. The number of carbonyl (C=O) groups excluding carboxylic acids is 1. The first-order valence-electron chi connectivity index (χ1n) is 19.1. The summed E-state index contributed by atoms with van der Waals surface area (Å²) in [6, 6.07) is 8.13. The number of phosphoric ester groups is 1. The molecule has 4 rings (SSSR count). The van der Waals surface area contributed by atoms with Crippen molar-refractivity contribution in [2.75, 3.05) is 39.5 Å². The van der Waals surface area contributed by atoms with Gasteiger partial charge in [0.2, 0.25) is 0 Å². The molecule has 0 spiro atoms. The number of fused-ring (bicyclic) bond motifs is 3. The zero-order valence-corrected chi connectivity index (χ0v) is 30.9. The molecule has 3 fully saturated rings. The number of unbranched alkanes of at least 4 members (excludes halogenated alkanes) is 15. The van der Waals surface area contributed by atoms with E-state index in [9.17, 15) is 14.3 Å². The van der Waals surface area contributed by atoms with Gasteiger partial charge in [0.15, 0.2) is 0 Å². The molecule has 0 N–H and O–H groups in total. The number of piperidine rings is 3. The van der Waals surface area contributed by atoms with Crippen LogP contribution in [0.5, 0.6) is 0 Å². The van der Waals surface area contributed by atoms with Gasteiger partial charge in [0.1, 0.15) is 11.8 Å². The van der Waals surface area contributed by atoms with Gasteiger partial charge in [-0.1, -0.05) is 115 Å². The van der Waals surface area contributed by atoms with E-state index in [1.165, 1.54) is 122 Å². The molecular formula is C38H66NO7P. The van der Waals surface area contributed by atoms with Gasteiger partial charge >= 0.3 is 5.97 Å². The Morgan fingerprint density at radius 3 is 1.91 bits per heavy atom. The van der Waals surface area contributed by atoms with E-state index in [1.807, 2.05) is 12.1 Å². The lowest BCUT2D eigenvalue weighted by atomic mass is 9.85. The van der Waals surface area contributed by atoms with Crippen molar-refractivity contribution in [3.05, 3.63) is 29.8 Å². The number of hydrogen-bond donors (Lipinski definition) is 0. The molecule has 2 bridgehead atoms. The normalized spacial score (nSPS) is 21.7. The van der Waals surface area contributed by atoms with Crippen molar-refractivity contribution in [2.45, 2.75) is 155 Å². The maximum Gasteiger partial charge on any atom is 0.303 e. The number of ether oxygens (including phenoxy) is 2. The first-order chi connectivity index (χ1) is 22.7. The molecule has 0 saturated carbocycles. The van der Waals surface area contributed by atoms with Crippen LogP contribution in [0.3, 0.4) is 0 Å². The van der Waals surface area contributed by atoms with Gasteiger partial charge in [-0.25, -0.2) is 0 Å². The first kappa shape index (κ1) is 40.2. The van der Waals surface area contributed by atoms with Crippen LogP contribution in [0, 0.1) is 5.92 Å². The van der Waals surface area contributed by atoms with Gasteiger partial charge in [-0.2, -0.15) is 0 Å². The summed E-state index contributed by atoms with van der Waals surface area (Å²) in [6.07, 6.45) is 23.2. The topological polar surface area (TPSA) is 94.1 Å². The van der Waals surface area contributed by atoms with Crippen molar-refractivity contribution in [3.8, 4) is 0 Å². The van der Waals surface area contributed by atoms with Gasteiger partial charge in [0.25, 0.3) is 7.82 Å². The Labute approximate surface area is 286 Å². The van der Waals surface area contributed by atoms with Gasteiger partial charge in [0.05, 0.1) is 39.0 Å². The van der Waals surface area contributed by atoms with Gasteiger partial charge in [-0.15, -0.1) is 0 Å². The van der Waals surface area contributed by atoms with Gasteiger partial charge in [0, 0.05) is 38.9 Å². The lowest BCUT2D eigenvalue weighted by Gasteiger charge is -2.48. The van der Waals surface area contributed by atoms with Crippen LogP contribution in [-0.4, -0.2) is 51.5 Å². The monoisotopic (exact) mass is 679 g/mol. The predicted octanol–water partition coefficient (Wildman–Crippen LogP) is 9.58. The van der Waals surface area contributed by atoms with Gasteiger partial charge in [-0.05, 0) is 30.9 Å². The summed E-state index contributed by atoms with van der Waals surface area (Å²) >= 11 is 0. The smallest absolute Gasteiger partial charge is 0.303 e. The number of quaternary nitrogens is 1. The number of phosphoric acid groups is 1. The van der Waals surface area contributed by atoms with Crippen molar-refractivity contribution in [3.63, 3.8) is 0 Å². The van der Waals surface area contributed by atoms with Crippen molar-refractivity contribution in [2.24, 2.45) is 5.92 Å². The quantitative estimate of drug-likeness (QED) is 0.0396. The van der Waals surface area contributed by atoms with E-state index in [0.717, 1.165) is 48.4 Å². The Morgan fingerprint density at radius 2 is 1.38 bits per heavy atom. The highest BCUT2D eigenvalue weighted by molar-refractivity contribution is 7.45. The summed E-state index contributed by atoms with van der Waals surface area (Å²) in [5.41, 5.74) is 2.04. The third kappa shape index (κ3) is 15.9. The van der Waals surface area contributed by atoms with Crippen LogP contribution in [0.15, 0.2) is 24.3 Å². The predicted molar refractivity (Wildman–Crippen MR) is 189 cm³/mol. The number of hydrogen-bond acceptors (Lipinski definition) is 7. The second-order valence-electron chi connectivity index (χ2n) is 14.2. The second-order valence-corrected chi connectivity index (χ2v) is 15.6. The standard InChI is InChI=1S/C38H66NO7P/c1-4-5-6-7-8-9-10-11-12-13-14-15-16-17-18-19-29-43-31-38(45-34(3)40)32-44-47(41,42)46-33(2)36-21-20-22-37(30-36)39-26-23-35(24-27-39)25-28-39/h20-22,30,33,35,38H,4-19,23-29,31-32H2,1-3H3. The summed E-state index contributed by atoms with van der Waals surface area (Å²) in [4.78, 5) is 24.4. The van der Waals surface area contributed by atoms with Crippen LogP contribution in [-0.2, 0) is 27.9 Å². The average molecular weight is 680 g/mol. The van der Waals surface area contributed by atoms with E-state index in [2.05, 4.69) is 19.1 Å². The summed E-state index contributed by atoms with van der Waals surface area (Å²) in [7, 11) is -4.66. The summed E-state index contributed by atoms with van der Waals surface area (Å²) in [5, 5.41) is 0. The van der Waals surface area contributed by atoms with E-state index >= 15 is 0 Å². The van der Waals surface area contributed by atoms with Crippen LogP contribution in [0.25, 0.3) is 0 Å². The summed E-state index contributed by atoms with van der Waals surface area (Å²) < 4.78 is 35.4. The van der Waals surface area contributed by atoms with Crippen LogP contribution in [0.2, 0.25) is 0 Å². The molecule has 0 amide bonds. The Bertz CT molecular complexity index is 1030. The van der Waals surface area contributed by atoms with E-state index in [4.69, 9.17) is 18.5 Å². The molecule has 3 unspecified atom stereocenters. The fourth-order valence-electron chi connectivity index (χ4n) is 7.29. The highest BCUT2D eigenvalue weighted by Gasteiger charge is 2.41. The SMILES string of the molecule is CCCCCCCCCCCCCCCCCCOCC(COP(=O)([O-])OC(C)c1cccc([N+]23CCC(CC2)CC3)c1)OC(C)=O. The van der Waals surface area contributed by atoms with Crippen molar-refractivity contribution >= 4 is 19.5 Å². The number of esters is 1. The molecule has 0 aliphatic carbocycles. The molecule has 3 atom stereocenters. The Kier molecular flexibility index (Phi) is 19.2. The van der Waals surface area contributed by atoms with E-state index in [1.54, 1.807) is 6.92 Å². The van der Waals surface area contributed by atoms with E-state index < -0.39 is 26.0 Å². The molecule has 1 aromatic carbocycles. The molecule has 0 radical (unpaired) electrons. The van der Waals surface area contributed by atoms with Gasteiger partial charge in [-0.3, -0.25) is 13.8 Å². The number of benzene rings is 1. The molecule has 0 aromatic heterocycles. The highest BCUT2D eigenvalue weighted by atomic mass is 31.2. The maximum atomic E-state index is 12.8. The van der Waals surface area contributed by atoms with Crippen molar-refractivity contribution < 1.29 is 32.8 Å². The van der Waals surface area contributed by atoms with Crippen molar-refractivity contribution in [1.82, 2.24) is 4.48 Å². The Morgan fingerprint density at radius 1 is 0.851 bits per heavy atom. The third-order valence-electron chi connectivity index (χ3n) is 10.3. The van der Waals surface area contributed by atoms with Crippen LogP contribution >= 0.6 is 7.82 Å². The number of nitrogens with zero attached hydrogens (tertiary/aromatic N) is 1. The molecule has 3 aliphatic rings. The third-order valence-corrected chi connectivity index (χ3v) is 11.3. The van der Waals surface area contributed by atoms with Gasteiger partial charge < -0.3 is 23.4 Å². The molecular weight excluding hydrogens is 613 g/mol. The molecule has 270 valence electrons. The molecule has 3 saturated heterocycles. The van der Waals surface area contributed by atoms with Crippen LogP contribution in [0.4, 0.5) is 5.69 Å². The zero-order valence-electron chi connectivity index (χ0n) is 30.0. The Balaban J connectivity index is 1.25. The minimum absolute atomic E-state index is 0.0801. The minimum Gasteiger partial charge on any atom is -0.756 e.